The van der Waals surface area contributed by atoms with Gasteiger partial charge in [0.25, 0.3) is 11.5 Å². The highest BCUT2D eigenvalue weighted by Crippen LogP contribution is 2.28. The summed E-state index contributed by atoms with van der Waals surface area (Å²) in [5.74, 6) is 0.453. The third kappa shape index (κ3) is 6.16. The number of aryl methyl sites for hydroxylation is 2. The van der Waals surface area contributed by atoms with Crippen LogP contribution in [0.3, 0.4) is 0 Å². The van der Waals surface area contributed by atoms with Crippen molar-refractivity contribution in [1.29, 1.82) is 0 Å². The number of aromatic nitrogens is 4. The molecule has 5 heterocycles. The molecular weight excluding hydrogens is 544 g/mol. The highest BCUT2D eigenvalue weighted by atomic mass is 32.2. The number of amides is 1. The van der Waals surface area contributed by atoms with Crippen molar-refractivity contribution in [2.75, 3.05) is 50.4 Å². The smallest absolute Gasteiger partial charge is 0.253 e. The molecular formula is C28H40N8O4S. The number of carbonyl (C=O) groups excluding carboxylic acids is 1. The highest BCUT2D eigenvalue weighted by molar-refractivity contribution is 7.88. The zero-order valence-electron chi connectivity index (χ0n) is 24.5. The molecule has 2 saturated heterocycles. The van der Waals surface area contributed by atoms with Gasteiger partial charge in [-0.05, 0) is 58.2 Å². The summed E-state index contributed by atoms with van der Waals surface area (Å²) in [4.78, 5) is 38.4. The largest absolute Gasteiger partial charge is 0.356 e. The van der Waals surface area contributed by atoms with Crippen LogP contribution in [0.4, 0.5) is 5.82 Å². The van der Waals surface area contributed by atoms with E-state index in [1.807, 2.05) is 44.5 Å². The summed E-state index contributed by atoms with van der Waals surface area (Å²) in [6.07, 6.45) is 4.82. The van der Waals surface area contributed by atoms with Crippen molar-refractivity contribution in [2.24, 2.45) is 0 Å². The third-order valence-corrected chi connectivity index (χ3v) is 9.56. The number of rotatable bonds is 7. The minimum atomic E-state index is -3.15. The van der Waals surface area contributed by atoms with Crippen LogP contribution in [-0.4, -0.2) is 94.8 Å². The average molecular weight is 585 g/mol. The van der Waals surface area contributed by atoms with Crippen molar-refractivity contribution in [3.63, 3.8) is 0 Å². The van der Waals surface area contributed by atoms with E-state index in [2.05, 4.69) is 25.2 Å². The number of anilines is 1. The van der Waals surface area contributed by atoms with Crippen LogP contribution in [0, 0.1) is 13.8 Å². The van der Waals surface area contributed by atoms with Crippen molar-refractivity contribution in [3.05, 3.63) is 51.1 Å². The van der Waals surface area contributed by atoms with E-state index in [4.69, 9.17) is 4.98 Å². The second-order valence-corrected chi connectivity index (χ2v) is 13.5. The number of aromatic amines is 1. The van der Waals surface area contributed by atoms with Crippen LogP contribution >= 0.6 is 0 Å². The number of piperazine rings is 1. The van der Waals surface area contributed by atoms with E-state index in [9.17, 15) is 18.0 Å². The fraction of sp³-hybridized carbons (Fsp3) is 0.571. The number of carbonyl (C=O) groups is 1. The van der Waals surface area contributed by atoms with E-state index >= 15 is 0 Å². The molecule has 0 aromatic carbocycles. The Morgan fingerprint density at radius 3 is 2.39 bits per heavy atom. The van der Waals surface area contributed by atoms with E-state index in [0.717, 1.165) is 56.1 Å². The van der Waals surface area contributed by atoms with E-state index in [0.29, 0.717) is 41.3 Å². The SMILES string of the molecule is Cc1cc(C)c(CNC(=O)c2cc(N3CCC(N4CCN(S(C)(=O)=O)CC4)CC3)nc3c2cnn3C(C)C)c(=O)[nH]1. The zero-order valence-corrected chi connectivity index (χ0v) is 25.3. The number of sulfonamides is 1. The van der Waals surface area contributed by atoms with Gasteiger partial charge in [0.05, 0.1) is 23.4 Å². The molecule has 41 heavy (non-hydrogen) atoms. The Morgan fingerprint density at radius 2 is 1.78 bits per heavy atom. The summed E-state index contributed by atoms with van der Waals surface area (Å²) >= 11 is 0. The molecule has 2 aliphatic rings. The summed E-state index contributed by atoms with van der Waals surface area (Å²) in [7, 11) is -3.15. The molecule has 0 bridgehead atoms. The summed E-state index contributed by atoms with van der Waals surface area (Å²) in [5.41, 5.74) is 3.09. The first-order valence-corrected chi connectivity index (χ1v) is 16.1. The molecule has 0 unspecified atom stereocenters. The number of piperidine rings is 1. The van der Waals surface area contributed by atoms with Crippen LogP contribution in [0.2, 0.25) is 0 Å². The zero-order chi connectivity index (χ0) is 29.5. The predicted octanol–water partition coefficient (Wildman–Crippen LogP) is 1.79. The van der Waals surface area contributed by atoms with Gasteiger partial charge in [-0.3, -0.25) is 14.5 Å². The molecule has 0 radical (unpaired) electrons. The number of H-pyrrole nitrogens is 1. The lowest BCUT2D eigenvalue weighted by Crippen LogP contribution is -2.54. The first-order chi connectivity index (χ1) is 19.4. The molecule has 1 amide bonds. The third-order valence-electron chi connectivity index (χ3n) is 8.25. The molecule has 0 atom stereocenters. The van der Waals surface area contributed by atoms with Crippen LogP contribution in [0.1, 0.15) is 59.9 Å². The van der Waals surface area contributed by atoms with Gasteiger partial charge < -0.3 is 15.2 Å². The fourth-order valence-electron chi connectivity index (χ4n) is 5.96. The van der Waals surface area contributed by atoms with Crippen molar-refractivity contribution in [2.45, 2.75) is 59.2 Å². The molecule has 5 rings (SSSR count). The first-order valence-electron chi connectivity index (χ1n) is 14.2. The predicted molar refractivity (Wildman–Crippen MR) is 159 cm³/mol. The van der Waals surface area contributed by atoms with E-state index in [1.165, 1.54) is 6.26 Å². The number of fused-ring (bicyclic) bond motifs is 1. The standard InChI is InChI=1S/C28H40N8O4S/c1-18(2)36-26-24(17-30-36)22(27(37)29-16-23-19(3)14-20(4)31-28(23)38)15-25(32-26)34-8-6-21(7-9-34)33-10-12-35(13-11-33)41(5,39)40/h14-15,17-18,21H,6-13,16H2,1-5H3,(H,29,37)(H,31,38). The number of nitrogens with one attached hydrogen (secondary N) is 2. The normalized spacial score (nSPS) is 18.0. The van der Waals surface area contributed by atoms with Crippen LogP contribution in [0.15, 0.2) is 23.1 Å². The molecule has 13 heteroatoms. The van der Waals surface area contributed by atoms with Crippen LogP contribution in [0.25, 0.3) is 11.0 Å². The van der Waals surface area contributed by atoms with E-state index in [-0.39, 0.29) is 24.1 Å². The first kappa shape index (κ1) is 29.2. The molecule has 2 aliphatic heterocycles. The van der Waals surface area contributed by atoms with Gasteiger partial charge in [-0.15, -0.1) is 0 Å². The Hall–Kier alpha value is -3.29. The maximum atomic E-state index is 13.5. The van der Waals surface area contributed by atoms with E-state index in [1.54, 1.807) is 10.5 Å². The topological polar surface area (TPSA) is 137 Å². The Bertz CT molecular complexity index is 1600. The Balaban J connectivity index is 1.34. The van der Waals surface area contributed by atoms with Gasteiger partial charge in [0, 0.05) is 69.2 Å². The fourth-order valence-corrected chi connectivity index (χ4v) is 6.78. The van der Waals surface area contributed by atoms with Crippen molar-refractivity contribution >= 4 is 32.8 Å². The van der Waals surface area contributed by atoms with Gasteiger partial charge in [0.15, 0.2) is 5.65 Å². The average Bonchev–Trinajstić information content (AvgIpc) is 3.36. The van der Waals surface area contributed by atoms with Crippen molar-refractivity contribution in [3.8, 4) is 0 Å². The highest BCUT2D eigenvalue weighted by Gasteiger charge is 2.31. The second kappa shape index (κ2) is 11.5. The number of nitrogens with zero attached hydrogens (tertiary/aromatic N) is 6. The van der Waals surface area contributed by atoms with Gasteiger partial charge in [-0.25, -0.2) is 18.1 Å². The van der Waals surface area contributed by atoms with Crippen molar-refractivity contribution in [1.82, 2.24) is 34.3 Å². The number of hydrogen-bond acceptors (Lipinski definition) is 8. The number of pyridine rings is 2. The Morgan fingerprint density at radius 1 is 1.10 bits per heavy atom. The Kier molecular flexibility index (Phi) is 8.22. The monoisotopic (exact) mass is 584 g/mol. The molecule has 0 spiro atoms. The van der Waals surface area contributed by atoms with Gasteiger partial charge in [0.2, 0.25) is 10.0 Å². The van der Waals surface area contributed by atoms with E-state index < -0.39 is 10.0 Å². The Labute approximate surface area is 240 Å². The molecule has 0 saturated carbocycles. The molecule has 2 fully saturated rings. The maximum absolute atomic E-state index is 13.5. The molecule has 2 N–H and O–H groups in total. The van der Waals surface area contributed by atoms with Gasteiger partial charge >= 0.3 is 0 Å². The molecule has 222 valence electrons. The number of hydrogen-bond donors (Lipinski definition) is 2. The van der Waals surface area contributed by atoms with Gasteiger partial charge in [-0.1, -0.05) is 0 Å². The van der Waals surface area contributed by atoms with Crippen LogP contribution in [0.5, 0.6) is 0 Å². The minimum absolute atomic E-state index is 0.0660. The van der Waals surface area contributed by atoms with Crippen LogP contribution < -0.4 is 15.8 Å². The summed E-state index contributed by atoms with van der Waals surface area (Å²) in [6, 6.07) is 4.18. The van der Waals surface area contributed by atoms with Crippen molar-refractivity contribution < 1.29 is 13.2 Å². The van der Waals surface area contributed by atoms with Gasteiger partial charge in [0.1, 0.15) is 5.82 Å². The summed E-state index contributed by atoms with van der Waals surface area (Å²) in [6.45, 7) is 12.0. The molecule has 3 aromatic rings. The minimum Gasteiger partial charge on any atom is -0.356 e. The second-order valence-electron chi connectivity index (χ2n) is 11.5. The maximum Gasteiger partial charge on any atom is 0.253 e. The lowest BCUT2D eigenvalue weighted by atomic mass is 10.0. The van der Waals surface area contributed by atoms with Gasteiger partial charge in [-0.2, -0.15) is 9.40 Å². The summed E-state index contributed by atoms with van der Waals surface area (Å²) < 4.78 is 27.2. The lowest BCUT2D eigenvalue weighted by molar-refractivity contribution is 0.0952. The molecule has 0 aliphatic carbocycles. The van der Waals surface area contributed by atoms with Crippen LogP contribution in [-0.2, 0) is 16.6 Å². The molecule has 3 aromatic heterocycles. The molecule has 12 nitrogen and oxygen atoms in total. The lowest BCUT2D eigenvalue weighted by Gasteiger charge is -2.42. The summed E-state index contributed by atoms with van der Waals surface area (Å²) in [5, 5.41) is 8.14. The quantitative estimate of drug-likeness (QED) is 0.429.